The molecule has 72 valence electrons. The van der Waals surface area contributed by atoms with Crippen molar-refractivity contribution in [1.82, 2.24) is 0 Å². The molecule has 0 fully saturated rings. The molecule has 0 saturated heterocycles. The van der Waals surface area contributed by atoms with Crippen LogP contribution in [0, 0.1) is 0 Å². The molecule has 4 heteroatoms. The Labute approximate surface area is 77.5 Å². The zero-order valence-electron chi connectivity index (χ0n) is 7.74. The van der Waals surface area contributed by atoms with Gasteiger partial charge in [-0.3, -0.25) is 4.79 Å². The van der Waals surface area contributed by atoms with Gasteiger partial charge in [0.25, 0.3) is 0 Å². The first-order chi connectivity index (χ1) is 5.61. The molecule has 0 aromatic heterocycles. The predicted octanol–water partition coefficient (Wildman–Crippen LogP) is 1.05. The van der Waals surface area contributed by atoms with Gasteiger partial charge in [0.2, 0.25) is 0 Å². The molecule has 1 N–H and O–H groups in total. The second kappa shape index (κ2) is 6.31. The molecule has 2 atom stereocenters. The Kier molecular flexibility index (Phi) is 6.20. The van der Waals surface area contributed by atoms with Crippen LogP contribution in [0.3, 0.4) is 0 Å². The number of hydrogen-bond acceptors (Lipinski definition) is 4. The third-order valence-corrected chi connectivity index (χ3v) is 2.47. The van der Waals surface area contributed by atoms with E-state index in [1.807, 2.05) is 13.2 Å². The van der Waals surface area contributed by atoms with Gasteiger partial charge in [0.15, 0.2) is 0 Å². The van der Waals surface area contributed by atoms with Crippen molar-refractivity contribution in [1.29, 1.82) is 0 Å². The van der Waals surface area contributed by atoms with Gasteiger partial charge in [0, 0.05) is 0 Å². The minimum absolute atomic E-state index is 0.111. The molecule has 0 rings (SSSR count). The second-order valence-corrected chi connectivity index (χ2v) is 3.75. The van der Waals surface area contributed by atoms with E-state index in [0.717, 1.165) is 0 Å². The molecule has 0 bridgehead atoms. The van der Waals surface area contributed by atoms with Crippen LogP contribution in [0.2, 0.25) is 0 Å². The lowest BCUT2D eigenvalue weighted by molar-refractivity contribution is -0.145. The predicted molar refractivity (Wildman–Crippen MR) is 50.2 cm³/mol. The lowest BCUT2D eigenvalue weighted by Gasteiger charge is -2.11. The van der Waals surface area contributed by atoms with Crippen molar-refractivity contribution in [2.75, 3.05) is 12.9 Å². The van der Waals surface area contributed by atoms with E-state index in [0.29, 0.717) is 6.42 Å². The number of carbonyl (C=O) groups is 1. The molecule has 0 spiro atoms. The molecule has 3 nitrogen and oxygen atoms in total. The number of carbonyl (C=O) groups excluding carboxylic acids is 1. The number of aliphatic hydroxyl groups is 1. The maximum absolute atomic E-state index is 11.0. The first-order valence-corrected chi connectivity index (χ1v) is 5.28. The highest BCUT2D eigenvalue weighted by Crippen LogP contribution is 2.07. The molecule has 2 unspecified atom stereocenters. The molecule has 0 aliphatic carbocycles. The fraction of sp³-hybridized carbons (Fsp3) is 0.875. The van der Waals surface area contributed by atoms with Gasteiger partial charge in [-0.2, -0.15) is 11.8 Å². The van der Waals surface area contributed by atoms with Gasteiger partial charge in [-0.1, -0.05) is 6.92 Å². The average Bonchev–Trinajstić information content (AvgIpc) is 2.11. The lowest BCUT2D eigenvalue weighted by Crippen LogP contribution is -2.22. The van der Waals surface area contributed by atoms with E-state index >= 15 is 0 Å². The van der Waals surface area contributed by atoms with Gasteiger partial charge in [-0.15, -0.1) is 0 Å². The van der Waals surface area contributed by atoms with Gasteiger partial charge >= 0.3 is 5.97 Å². The first-order valence-electron chi connectivity index (χ1n) is 3.99. The van der Waals surface area contributed by atoms with Crippen LogP contribution in [0.25, 0.3) is 0 Å². The van der Waals surface area contributed by atoms with Gasteiger partial charge in [-0.05, 0) is 19.6 Å². The van der Waals surface area contributed by atoms with Gasteiger partial charge in [-0.25, -0.2) is 0 Å². The van der Waals surface area contributed by atoms with Crippen molar-refractivity contribution in [3.8, 4) is 0 Å². The topological polar surface area (TPSA) is 46.5 Å². The highest BCUT2D eigenvalue weighted by molar-refractivity contribution is 7.99. The Hall–Kier alpha value is -0.220. The Balaban J connectivity index is 3.56. The summed E-state index contributed by atoms with van der Waals surface area (Å²) in [5.41, 5.74) is 0. The Morgan fingerprint density at radius 2 is 2.25 bits per heavy atom. The Bertz CT molecular complexity index is 138. The molecule has 0 aromatic carbocycles. The molecule has 0 saturated carbocycles. The molecule has 0 radical (unpaired) electrons. The van der Waals surface area contributed by atoms with E-state index in [-0.39, 0.29) is 17.8 Å². The molecular formula is C8H16O3S. The van der Waals surface area contributed by atoms with Crippen molar-refractivity contribution in [2.24, 2.45) is 0 Å². The molecule has 0 amide bonds. The fourth-order valence-electron chi connectivity index (χ4n) is 0.510. The summed E-state index contributed by atoms with van der Waals surface area (Å²) in [6.07, 6.45) is 1.94. The Morgan fingerprint density at radius 1 is 1.67 bits per heavy atom. The van der Waals surface area contributed by atoms with Crippen LogP contribution in [-0.4, -0.2) is 35.3 Å². The summed E-state index contributed by atoms with van der Waals surface area (Å²) in [4.78, 5) is 11.0. The van der Waals surface area contributed by atoms with Crippen molar-refractivity contribution in [3.63, 3.8) is 0 Å². The van der Waals surface area contributed by atoms with Crippen LogP contribution in [0.1, 0.15) is 20.3 Å². The summed E-state index contributed by atoms with van der Waals surface area (Å²) in [7, 11) is 0. The minimum atomic E-state index is -0.525. The average molecular weight is 192 g/mol. The van der Waals surface area contributed by atoms with Gasteiger partial charge < -0.3 is 9.84 Å². The smallest absolute Gasteiger partial charge is 0.318 e. The zero-order valence-corrected chi connectivity index (χ0v) is 8.56. The highest BCUT2D eigenvalue weighted by Gasteiger charge is 2.13. The third kappa shape index (κ3) is 4.62. The quantitative estimate of drug-likeness (QED) is 0.661. The maximum atomic E-state index is 11.0. The van der Waals surface area contributed by atoms with Crippen LogP contribution in [-0.2, 0) is 9.53 Å². The summed E-state index contributed by atoms with van der Waals surface area (Å²) in [6.45, 7) is 3.74. The monoisotopic (exact) mass is 192 g/mol. The van der Waals surface area contributed by atoms with Crippen molar-refractivity contribution >= 4 is 17.7 Å². The number of aliphatic hydroxyl groups excluding tert-OH is 1. The molecule has 0 heterocycles. The third-order valence-electron chi connectivity index (χ3n) is 1.57. The normalized spacial score (nSPS) is 15.3. The van der Waals surface area contributed by atoms with Gasteiger partial charge in [0.05, 0.1) is 11.4 Å². The SMILES string of the molecule is CCC(O)COC(=O)C(C)SC. The van der Waals surface area contributed by atoms with Crippen LogP contribution in [0.4, 0.5) is 0 Å². The summed E-state index contributed by atoms with van der Waals surface area (Å²) in [5, 5.41) is 8.93. The lowest BCUT2D eigenvalue weighted by atomic mass is 10.3. The molecule has 0 aliphatic rings. The number of rotatable bonds is 5. The summed E-state index contributed by atoms with van der Waals surface area (Å²) in [5.74, 6) is -0.255. The van der Waals surface area contributed by atoms with E-state index in [1.165, 1.54) is 11.8 Å². The van der Waals surface area contributed by atoms with Crippen LogP contribution < -0.4 is 0 Å². The first kappa shape index (κ1) is 11.8. The van der Waals surface area contributed by atoms with E-state index < -0.39 is 6.10 Å². The van der Waals surface area contributed by atoms with Crippen molar-refractivity contribution in [2.45, 2.75) is 31.6 Å². The molecular weight excluding hydrogens is 176 g/mol. The molecule has 0 aromatic rings. The van der Waals surface area contributed by atoms with E-state index in [1.54, 1.807) is 6.92 Å². The Morgan fingerprint density at radius 3 is 2.67 bits per heavy atom. The number of thioether (sulfide) groups is 1. The second-order valence-electron chi connectivity index (χ2n) is 2.57. The summed E-state index contributed by atoms with van der Waals surface area (Å²) >= 11 is 1.44. The van der Waals surface area contributed by atoms with Crippen molar-refractivity contribution in [3.05, 3.63) is 0 Å². The summed E-state index contributed by atoms with van der Waals surface area (Å²) < 4.78 is 4.84. The number of esters is 1. The summed E-state index contributed by atoms with van der Waals surface area (Å²) in [6, 6.07) is 0. The van der Waals surface area contributed by atoms with E-state index in [9.17, 15) is 4.79 Å². The minimum Gasteiger partial charge on any atom is -0.462 e. The van der Waals surface area contributed by atoms with Crippen molar-refractivity contribution < 1.29 is 14.6 Å². The van der Waals surface area contributed by atoms with Crippen LogP contribution in [0.15, 0.2) is 0 Å². The maximum Gasteiger partial charge on any atom is 0.318 e. The number of ether oxygens (including phenoxy) is 1. The van der Waals surface area contributed by atoms with Crippen LogP contribution in [0.5, 0.6) is 0 Å². The standard InChI is InChI=1S/C8H16O3S/c1-4-7(9)5-11-8(10)6(2)12-3/h6-7,9H,4-5H2,1-3H3. The largest absolute Gasteiger partial charge is 0.462 e. The van der Waals surface area contributed by atoms with Crippen LogP contribution >= 0.6 is 11.8 Å². The van der Waals surface area contributed by atoms with E-state index in [2.05, 4.69) is 0 Å². The molecule has 0 aliphatic heterocycles. The zero-order chi connectivity index (χ0) is 9.56. The fourth-order valence-corrected chi connectivity index (χ4v) is 0.770. The molecule has 12 heavy (non-hydrogen) atoms. The highest BCUT2D eigenvalue weighted by atomic mass is 32.2. The van der Waals surface area contributed by atoms with Gasteiger partial charge in [0.1, 0.15) is 6.61 Å². The van der Waals surface area contributed by atoms with E-state index in [4.69, 9.17) is 9.84 Å². The number of hydrogen-bond donors (Lipinski definition) is 1.